The number of aromatic nitrogens is 4. The van der Waals surface area contributed by atoms with Crippen LogP contribution in [0.2, 0.25) is 0 Å². The molecule has 0 saturated heterocycles. The van der Waals surface area contributed by atoms with Gasteiger partial charge in [0.2, 0.25) is 5.16 Å². The minimum atomic E-state index is -4.38. The SMILES string of the molecule is COC(=O)Cn1nnnc1SCOCC(F)(F)F. The van der Waals surface area contributed by atoms with Crippen LogP contribution >= 0.6 is 11.8 Å². The van der Waals surface area contributed by atoms with Crippen molar-refractivity contribution in [3.8, 4) is 0 Å². The van der Waals surface area contributed by atoms with Gasteiger partial charge in [0.15, 0.2) is 0 Å². The van der Waals surface area contributed by atoms with Gasteiger partial charge in [0.1, 0.15) is 19.1 Å². The molecule has 0 radical (unpaired) electrons. The van der Waals surface area contributed by atoms with E-state index in [1.807, 2.05) is 0 Å². The molecule has 0 saturated carbocycles. The fourth-order valence-electron chi connectivity index (χ4n) is 0.838. The highest BCUT2D eigenvalue weighted by molar-refractivity contribution is 7.99. The lowest BCUT2D eigenvalue weighted by Gasteiger charge is -2.06. The molecule has 0 N–H and O–H groups in total. The summed E-state index contributed by atoms with van der Waals surface area (Å²) in [7, 11) is 1.20. The maximum absolute atomic E-state index is 11.8. The minimum Gasteiger partial charge on any atom is -0.468 e. The van der Waals surface area contributed by atoms with Gasteiger partial charge in [-0.05, 0) is 10.4 Å². The lowest BCUT2D eigenvalue weighted by molar-refractivity contribution is -0.168. The van der Waals surface area contributed by atoms with Crippen LogP contribution in [-0.4, -0.2) is 52.0 Å². The Hall–Kier alpha value is -1.36. The fraction of sp³-hybridized carbons (Fsp3) is 0.714. The first-order valence-corrected chi connectivity index (χ1v) is 5.51. The Bertz CT molecular complexity index is 398. The molecule has 0 aliphatic heterocycles. The van der Waals surface area contributed by atoms with Gasteiger partial charge in [0.05, 0.1) is 7.11 Å². The number of carbonyl (C=O) groups excluding carboxylic acids is 1. The van der Waals surface area contributed by atoms with Crippen molar-refractivity contribution in [1.29, 1.82) is 0 Å². The topological polar surface area (TPSA) is 79.1 Å². The summed E-state index contributed by atoms with van der Waals surface area (Å²) in [6.07, 6.45) is -4.38. The van der Waals surface area contributed by atoms with Gasteiger partial charge in [0, 0.05) is 0 Å². The Balaban J connectivity index is 2.38. The molecular formula is C7H9F3N4O3S. The Morgan fingerprint density at radius 3 is 2.83 bits per heavy atom. The van der Waals surface area contributed by atoms with E-state index < -0.39 is 18.8 Å². The normalized spacial score (nSPS) is 11.6. The second-order valence-electron chi connectivity index (χ2n) is 2.92. The summed E-state index contributed by atoms with van der Waals surface area (Å²) < 4.78 is 45.2. The number of thioether (sulfide) groups is 1. The van der Waals surface area contributed by atoms with E-state index in [2.05, 4.69) is 25.0 Å². The maximum Gasteiger partial charge on any atom is 0.411 e. The first kappa shape index (κ1) is 14.7. The van der Waals surface area contributed by atoms with Gasteiger partial charge in [-0.25, -0.2) is 4.68 Å². The molecule has 0 bridgehead atoms. The van der Waals surface area contributed by atoms with Gasteiger partial charge < -0.3 is 9.47 Å². The van der Waals surface area contributed by atoms with Gasteiger partial charge in [-0.2, -0.15) is 13.2 Å². The summed E-state index contributed by atoms with van der Waals surface area (Å²) in [4.78, 5) is 11.0. The average molecular weight is 286 g/mol. The summed E-state index contributed by atoms with van der Waals surface area (Å²) in [6.45, 7) is -1.57. The number of tetrazole rings is 1. The third kappa shape index (κ3) is 5.31. The Kier molecular flexibility index (Phi) is 5.34. The summed E-state index contributed by atoms with van der Waals surface area (Å²) in [5, 5.41) is 10.5. The van der Waals surface area contributed by atoms with Crippen LogP contribution in [-0.2, 0) is 20.8 Å². The van der Waals surface area contributed by atoms with E-state index in [1.54, 1.807) is 0 Å². The molecule has 0 fully saturated rings. The van der Waals surface area contributed by atoms with Crippen LogP contribution in [0.5, 0.6) is 0 Å². The molecule has 1 heterocycles. The molecule has 11 heteroatoms. The molecule has 0 aliphatic rings. The van der Waals surface area contributed by atoms with Crippen molar-refractivity contribution >= 4 is 17.7 Å². The monoisotopic (exact) mass is 286 g/mol. The molecule has 0 amide bonds. The molecule has 0 unspecified atom stereocenters. The third-order valence-electron chi connectivity index (χ3n) is 1.54. The quantitative estimate of drug-likeness (QED) is 0.325. The number of nitrogens with zero attached hydrogens (tertiary/aromatic N) is 4. The van der Waals surface area contributed by atoms with Crippen molar-refractivity contribution < 1.29 is 27.4 Å². The van der Waals surface area contributed by atoms with E-state index in [9.17, 15) is 18.0 Å². The number of carbonyl (C=O) groups is 1. The Morgan fingerprint density at radius 1 is 1.50 bits per heavy atom. The highest BCUT2D eigenvalue weighted by atomic mass is 32.2. The second kappa shape index (κ2) is 6.54. The van der Waals surface area contributed by atoms with Gasteiger partial charge in [-0.15, -0.1) is 5.10 Å². The lowest BCUT2D eigenvalue weighted by atomic mass is 10.7. The van der Waals surface area contributed by atoms with Crippen molar-refractivity contribution in [3.63, 3.8) is 0 Å². The fourth-order valence-corrected chi connectivity index (χ4v) is 1.45. The molecule has 1 aromatic heterocycles. The smallest absolute Gasteiger partial charge is 0.411 e. The largest absolute Gasteiger partial charge is 0.468 e. The molecule has 102 valence electrons. The van der Waals surface area contributed by atoms with Crippen molar-refractivity contribution in [3.05, 3.63) is 0 Å². The zero-order valence-corrected chi connectivity index (χ0v) is 9.99. The molecule has 0 aromatic carbocycles. The Morgan fingerprint density at radius 2 is 2.22 bits per heavy atom. The molecule has 0 atom stereocenters. The zero-order chi connectivity index (χ0) is 13.6. The zero-order valence-electron chi connectivity index (χ0n) is 9.18. The maximum atomic E-state index is 11.8. The van der Waals surface area contributed by atoms with Crippen LogP contribution in [0.25, 0.3) is 0 Å². The molecular weight excluding hydrogens is 277 g/mol. The Labute approximate surface area is 104 Å². The van der Waals surface area contributed by atoms with Crippen LogP contribution in [0.1, 0.15) is 0 Å². The third-order valence-corrected chi connectivity index (χ3v) is 2.38. The molecule has 18 heavy (non-hydrogen) atoms. The highest BCUT2D eigenvalue weighted by Gasteiger charge is 2.27. The van der Waals surface area contributed by atoms with Crippen LogP contribution in [0.15, 0.2) is 5.16 Å². The second-order valence-corrected chi connectivity index (χ2v) is 3.81. The van der Waals surface area contributed by atoms with Gasteiger partial charge >= 0.3 is 12.1 Å². The molecule has 0 spiro atoms. The number of hydrogen-bond donors (Lipinski definition) is 0. The van der Waals surface area contributed by atoms with Crippen LogP contribution in [0, 0.1) is 0 Å². The number of esters is 1. The summed E-state index contributed by atoms with van der Waals surface area (Å²) >= 11 is 0.844. The van der Waals surface area contributed by atoms with Gasteiger partial charge in [0.25, 0.3) is 0 Å². The van der Waals surface area contributed by atoms with Crippen LogP contribution in [0.4, 0.5) is 13.2 Å². The first-order chi connectivity index (χ1) is 8.42. The summed E-state index contributed by atoms with van der Waals surface area (Å²) in [5.41, 5.74) is 0. The van der Waals surface area contributed by atoms with E-state index in [4.69, 9.17) is 0 Å². The van der Waals surface area contributed by atoms with E-state index in [-0.39, 0.29) is 17.6 Å². The van der Waals surface area contributed by atoms with Crippen LogP contribution < -0.4 is 0 Å². The molecule has 1 rings (SSSR count). The van der Waals surface area contributed by atoms with Crippen molar-refractivity contribution in [2.45, 2.75) is 17.9 Å². The predicted octanol–water partition coefficient (Wildman–Crippen LogP) is 0.475. The highest BCUT2D eigenvalue weighted by Crippen LogP contribution is 2.18. The lowest BCUT2D eigenvalue weighted by Crippen LogP contribution is -2.17. The number of halogens is 3. The predicted molar refractivity (Wildman–Crippen MR) is 52.6 cm³/mol. The van der Waals surface area contributed by atoms with E-state index >= 15 is 0 Å². The number of alkyl halides is 3. The van der Waals surface area contributed by atoms with Crippen molar-refractivity contribution in [2.24, 2.45) is 0 Å². The number of hydrogen-bond acceptors (Lipinski definition) is 7. The van der Waals surface area contributed by atoms with E-state index in [1.165, 1.54) is 7.11 Å². The molecule has 1 aromatic rings. The standard InChI is InChI=1S/C7H9F3N4O3S/c1-16-5(15)2-14-6(11-12-13-14)18-4-17-3-7(8,9)10/h2-4H2,1H3. The average Bonchev–Trinajstić information content (AvgIpc) is 2.70. The summed E-state index contributed by atoms with van der Waals surface area (Å²) in [6, 6.07) is 0. The van der Waals surface area contributed by atoms with Crippen molar-refractivity contribution in [1.82, 2.24) is 20.2 Å². The van der Waals surface area contributed by atoms with Gasteiger partial charge in [-0.3, -0.25) is 4.79 Å². The molecule has 0 aliphatic carbocycles. The number of methoxy groups -OCH3 is 1. The van der Waals surface area contributed by atoms with Crippen LogP contribution in [0.3, 0.4) is 0 Å². The minimum absolute atomic E-state index is 0.169. The van der Waals surface area contributed by atoms with E-state index in [0.717, 1.165) is 16.4 Å². The van der Waals surface area contributed by atoms with Crippen molar-refractivity contribution in [2.75, 3.05) is 19.7 Å². The number of ether oxygens (including phenoxy) is 2. The number of rotatable bonds is 6. The molecule has 7 nitrogen and oxygen atoms in total. The first-order valence-electron chi connectivity index (χ1n) is 4.52. The summed E-state index contributed by atoms with van der Waals surface area (Å²) in [5.74, 6) is -0.846. The van der Waals surface area contributed by atoms with Gasteiger partial charge in [-0.1, -0.05) is 11.8 Å². The van der Waals surface area contributed by atoms with E-state index in [0.29, 0.717) is 0 Å².